The third kappa shape index (κ3) is 3.59. The van der Waals surface area contributed by atoms with Gasteiger partial charge in [-0.05, 0) is 37.1 Å². The van der Waals surface area contributed by atoms with Crippen LogP contribution in [0.25, 0.3) is 0 Å². The molecule has 162 valence electrons. The average molecular weight is 421 g/mol. The van der Waals surface area contributed by atoms with Crippen LogP contribution in [-0.2, 0) is 15.0 Å². The van der Waals surface area contributed by atoms with E-state index in [9.17, 15) is 9.59 Å². The summed E-state index contributed by atoms with van der Waals surface area (Å²) in [4.78, 5) is 27.1. The average Bonchev–Trinajstić information content (AvgIpc) is 3.11. The zero-order chi connectivity index (χ0) is 22.9. The molecule has 2 heterocycles. The van der Waals surface area contributed by atoms with Crippen molar-refractivity contribution in [2.45, 2.75) is 31.6 Å². The highest BCUT2D eigenvalue weighted by Crippen LogP contribution is 2.44. The molecule has 0 spiro atoms. The van der Waals surface area contributed by atoms with Gasteiger partial charge in [-0.15, -0.1) is 0 Å². The number of carbonyl (C=O) groups excluding carboxylic acids is 2. The maximum absolute atomic E-state index is 12.2. The standard InChI is InChI=1S/C13H14N2O2.C11H13NO2/c1-13(6-7-14)10-5-4-9(17-3)8-11(10)15(2)12(13)16;1-7-9-5-4-8(14-3)6-10(9)12(2)11(7)13/h4-5,8H,6H2,1-3H3;4-7H,1-3H3. The van der Waals surface area contributed by atoms with Gasteiger partial charge in [0.1, 0.15) is 11.5 Å². The van der Waals surface area contributed by atoms with Crippen LogP contribution >= 0.6 is 0 Å². The summed E-state index contributed by atoms with van der Waals surface area (Å²) in [5.74, 6) is 1.58. The van der Waals surface area contributed by atoms with Crippen LogP contribution in [0.1, 0.15) is 37.3 Å². The van der Waals surface area contributed by atoms with Gasteiger partial charge in [-0.1, -0.05) is 12.1 Å². The van der Waals surface area contributed by atoms with Crippen molar-refractivity contribution in [1.82, 2.24) is 0 Å². The summed E-state index contributed by atoms with van der Waals surface area (Å²) in [6.07, 6.45) is 0.190. The third-order valence-electron chi connectivity index (χ3n) is 6.14. The summed E-state index contributed by atoms with van der Waals surface area (Å²) in [7, 11) is 6.74. The highest BCUT2D eigenvalue weighted by Gasteiger charge is 2.46. The number of hydrogen-bond acceptors (Lipinski definition) is 5. The SMILES string of the molecule is COc1ccc2c(c1)N(C)C(=O)C2(C)CC#N.COc1ccc2c(c1)N(C)C(=O)C2C. The molecule has 0 bridgehead atoms. The molecule has 0 aliphatic carbocycles. The van der Waals surface area contributed by atoms with Crippen molar-refractivity contribution < 1.29 is 19.1 Å². The number of hydrogen-bond donors (Lipinski definition) is 0. The predicted octanol–water partition coefficient (Wildman–Crippen LogP) is 3.62. The van der Waals surface area contributed by atoms with Crippen molar-refractivity contribution in [2.75, 3.05) is 38.1 Å². The first kappa shape index (κ1) is 22.2. The van der Waals surface area contributed by atoms with Crippen LogP contribution < -0.4 is 19.3 Å². The Bertz CT molecular complexity index is 1070. The molecule has 2 atom stereocenters. The molecular weight excluding hydrogens is 394 g/mol. The first-order chi connectivity index (χ1) is 14.7. The van der Waals surface area contributed by atoms with E-state index >= 15 is 0 Å². The van der Waals surface area contributed by atoms with Gasteiger partial charge in [-0.25, -0.2) is 0 Å². The number of likely N-dealkylation sites (N-methyl/N-ethyl adjacent to an activating group) is 2. The van der Waals surface area contributed by atoms with Crippen LogP contribution in [0.5, 0.6) is 11.5 Å². The zero-order valence-corrected chi connectivity index (χ0v) is 18.7. The Hall–Kier alpha value is -3.53. The van der Waals surface area contributed by atoms with Crippen molar-refractivity contribution >= 4 is 23.2 Å². The minimum Gasteiger partial charge on any atom is -0.497 e. The van der Waals surface area contributed by atoms with Crippen molar-refractivity contribution in [1.29, 1.82) is 5.26 Å². The van der Waals surface area contributed by atoms with E-state index < -0.39 is 5.41 Å². The van der Waals surface area contributed by atoms with E-state index in [0.29, 0.717) is 5.75 Å². The van der Waals surface area contributed by atoms with Crippen LogP contribution in [0.2, 0.25) is 0 Å². The van der Waals surface area contributed by atoms with Gasteiger partial charge in [0.25, 0.3) is 0 Å². The van der Waals surface area contributed by atoms with E-state index in [1.165, 1.54) is 0 Å². The fraction of sp³-hybridized carbons (Fsp3) is 0.375. The number of carbonyl (C=O) groups is 2. The molecule has 0 radical (unpaired) electrons. The smallest absolute Gasteiger partial charge is 0.238 e. The summed E-state index contributed by atoms with van der Waals surface area (Å²) < 4.78 is 10.3. The van der Waals surface area contributed by atoms with Crippen molar-refractivity contribution in [3.05, 3.63) is 47.5 Å². The number of methoxy groups -OCH3 is 2. The lowest BCUT2D eigenvalue weighted by molar-refractivity contribution is -0.122. The normalized spacial score (nSPS) is 21.1. The fourth-order valence-electron chi connectivity index (χ4n) is 4.16. The van der Waals surface area contributed by atoms with Crippen LogP contribution in [0, 0.1) is 11.3 Å². The summed E-state index contributed by atoms with van der Waals surface area (Å²) in [6, 6.07) is 13.4. The molecule has 2 amide bonds. The number of ether oxygens (including phenoxy) is 2. The Morgan fingerprint density at radius 1 is 1.00 bits per heavy atom. The molecule has 7 nitrogen and oxygen atoms in total. The van der Waals surface area contributed by atoms with Gasteiger partial charge >= 0.3 is 0 Å². The first-order valence-electron chi connectivity index (χ1n) is 9.98. The second kappa shape index (κ2) is 8.31. The van der Waals surface area contributed by atoms with E-state index in [2.05, 4.69) is 6.07 Å². The maximum Gasteiger partial charge on any atom is 0.238 e. The molecule has 2 unspecified atom stereocenters. The molecule has 0 fully saturated rings. The van der Waals surface area contributed by atoms with Crippen LogP contribution in [0.4, 0.5) is 11.4 Å². The molecule has 2 aromatic rings. The lowest BCUT2D eigenvalue weighted by Gasteiger charge is -2.19. The van der Waals surface area contributed by atoms with E-state index in [0.717, 1.165) is 28.3 Å². The Kier molecular flexibility index (Phi) is 5.94. The molecule has 4 rings (SSSR count). The molecule has 2 aliphatic rings. The number of fused-ring (bicyclic) bond motifs is 2. The molecule has 0 N–H and O–H groups in total. The van der Waals surface area contributed by atoms with Gasteiger partial charge in [-0.3, -0.25) is 9.59 Å². The largest absolute Gasteiger partial charge is 0.497 e. The summed E-state index contributed by atoms with van der Waals surface area (Å²) in [6.45, 7) is 3.74. The minimum atomic E-state index is -0.731. The molecule has 7 heteroatoms. The van der Waals surface area contributed by atoms with Crippen LogP contribution in [0.15, 0.2) is 36.4 Å². The van der Waals surface area contributed by atoms with Crippen LogP contribution in [-0.4, -0.2) is 40.1 Å². The summed E-state index contributed by atoms with van der Waals surface area (Å²) in [5, 5.41) is 8.88. The molecule has 0 saturated carbocycles. The number of rotatable bonds is 3. The number of nitriles is 1. The predicted molar refractivity (Wildman–Crippen MR) is 119 cm³/mol. The van der Waals surface area contributed by atoms with Gasteiger partial charge < -0.3 is 19.3 Å². The van der Waals surface area contributed by atoms with Gasteiger partial charge in [0, 0.05) is 26.2 Å². The number of amides is 2. The maximum atomic E-state index is 12.2. The molecule has 0 aromatic heterocycles. The molecule has 2 aromatic carbocycles. The summed E-state index contributed by atoms with van der Waals surface area (Å²) >= 11 is 0. The topological polar surface area (TPSA) is 82.9 Å². The second-order valence-corrected chi connectivity index (χ2v) is 7.96. The van der Waals surface area contributed by atoms with Gasteiger partial charge in [-0.2, -0.15) is 5.26 Å². The molecule has 2 aliphatic heterocycles. The summed E-state index contributed by atoms with van der Waals surface area (Å²) in [5.41, 5.74) is 3.03. The fourth-order valence-corrected chi connectivity index (χ4v) is 4.16. The number of nitrogens with zero attached hydrogens (tertiary/aromatic N) is 3. The zero-order valence-electron chi connectivity index (χ0n) is 18.7. The van der Waals surface area contributed by atoms with E-state index in [1.807, 2.05) is 50.2 Å². The van der Waals surface area contributed by atoms with Crippen molar-refractivity contribution in [2.24, 2.45) is 0 Å². The van der Waals surface area contributed by atoms with Gasteiger partial charge in [0.05, 0.1) is 49.4 Å². The lowest BCUT2D eigenvalue weighted by Crippen LogP contribution is -2.35. The number of benzene rings is 2. The first-order valence-corrected chi connectivity index (χ1v) is 9.98. The molecular formula is C24H27N3O4. The Balaban J connectivity index is 0.000000179. The Morgan fingerprint density at radius 3 is 2.16 bits per heavy atom. The van der Waals surface area contributed by atoms with E-state index in [4.69, 9.17) is 14.7 Å². The Morgan fingerprint density at radius 2 is 1.58 bits per heavy atom. The second-order valence-electron chi connectivity index (χ2n) is 7.96. The van der Waals surface area contributed by atoms with Crippen LogP contribution in [0.3, 0.4) is 0 Å². The minimum absolute atomic E-state index is 0.0269. The Labute approximate surface area is 182 Å². The molecule has 0 saturated heterocycles. The quantitative estimate of drug-likeness (QED) is 0.756. The van der Waals surface area contributed by atoms with E-state index in [1.54, 1.807) is 38.1 Å². The highest BCUT2D eigenvalue weighted by molar-refractivity contribution is 6.08. The monoisotopic (exact) mass is 421 g/mol. The highest BCUT2D eigenvalue weighted by atomic mass is 16.5. The lowest BCUT2D eigenvalue weighted by atomic mass is 9.81. The van der Waals surface area contributed by atoms with Gasteiger partial charge in [0.15, 0.2) is 0 Å². The number of anilines is 2. The van der Waals surface area contributed by atoms with E-state index in [-0.39, 0.29) is 24.2 Å². The molecule has 31 heavy (non-hydrogen) atoms. The van der Waals surface area contributed by atoms with Gasteiger partial charge in [0.2, 0.25) is 11.8 Å². The third-order valence-corrected chi connectivity index (χ3v) is 6.14. The van der Waals surface area contributed by atoms with Crippen molar-refractivity contribution in [3.8, 4) is 17.6 Å². The van der Waals surface area contributed by atoms with Crippen molar-refractivity contribution in [3.63, 3.8) is 0 Å².